The number of benzene rings is 1. The zero-order valence-corrected chi connectivity index (χ0v) is 13.9. The summed E-state index contributed by atoms with van der Waals surface area (Å²) < 4.78 is 0. The van der Waals surface area contributed by atoms with Crippen molar-refractivity contribution in [2.45, 2.75) is 48.0 Å². The van der Waals surface area contributed by atoms with Crippen LogP contribution >= 0.6 is 0 Å². The molecule has 1 N–H and O–H groups in total. The van der Waals surface area contributed by atoms with Crippen LogP contribution in [0.5, 0.6) is 0 Å². The lowest BCUT2D eigenvalue weighted by molar-refractivity contribution is -0.145. The Hall–Kier alpha value is -1.57. The molecular formula is C19H26O2. The molecule has 1 aliphatic rings. The number of carbonyl (C=O) groups is 1. The van der Waals surface area contributed by atoms with Crippen LogP contribution in [0.1, 0.15) is 44.4 Å². The molecule has 21 heavy (non-hydrogen) atoms. The van der Waals surface area contributed by atoms with Gasteiger partial charge in [-0.15, -0.1) is 0 Å². The molecule has 0 radical (unpaired) electrons. The number of carboxylic acids is 1. The molecule has 2 rings (SSSR count). The number of hydrogen-bond acceptors (Lipinski definition) is 1. The lowest BCUT2D eigenvalue weighted by Gasteiger charge is -2.17. The summed E-state index contributed by atoms with van der Waals surface area (Å²) in [4.78, 5) is 12.0. The van der Waals surface area contributed by atoms with Crippen molar-refractivity contribution in [3.63, 3.8) is 0 Å². The van der Waals surface area contributed by atoms with Crippen LogP contribution < -0.4 is 0 Å². The minimum Gasteiger partial charge on any atom is -0.481 e. The van der Waals surface area contributed by atoms with Gasteiger partial charge in [0, 0.05) is 5.92 Å². The van der Waals surface area contributed by atoms with Crippen LogP contribution in [0.2, 0.25) is 0 Å². The van der Waals surface area contributed by atoms with Crippen molar-refractivity contribution in [3.05, 3.63) is 46.5 Å². The van der Waals surface area contributed by atoms with Crippen LogP contribution in [-0.4, -0.2) is 11.1 Å². The van der Waals surface area contributed by atoms with Crippen molar-refractivity contribution < 1.29 is 9.90 Å². The smallest absolute Gasteiger partial charge is 0.311 e. The molecule has 0 heterocycles. The molecule has 1 aliphatic carbocycles. The quantitative estimate of drug-likeness (QED) is 0.825. The van der Waals surface area contributed by atoms with Crippen LogP contribution in [0.15, 0.2) is 29.8 Å². The summed E-state index contributed by atoms with van der Waals surface area (Å²) in [5, 5.41) is 9.90. The molecule has 0 bridgehead atoms. The second kappa shape index (κ2) is 5.01. The minimum atomic E-state index is -0.676. The summed E-state index contributed by atoms with van der Waals surface area (Å²) in [6, 6.07) is 6.29. The molecule has 0 saturated heterocycles. The molecular weight excluding hydrogens is 260 g/mol. The van der Waals surface area contributed by atoms with E-state index >= 15 is 0 Å². The Labute approximate surface area is 127 Å². The van der Waals surface area contributed by atoms with Crippen molar-refractivity contribution in [1.82, 2.24) is 0 Å². The summed E-state index contributed by atoms with van der Waals surface area (Å²) in [7, 11) is 0. The van der Waals surface area contributed by atoms with E-state index in [9.17, 15) is 9.90 Å². The van der Waals surface area contributed by atoms with Gasteiger partial charge in [-0.2, -0.15) is 0 Å². The lowest BCUT2D eigenvalue weighted by Crippen LogP contribution is -2.24. The second-order valence-corrected chi connectivity index (χ2v) is 7.33. The van der Waals surface area contributed by atoms with Crippen molar-refractivity contribution in [1.29, 1.82) is 0 Å². The summed E-state index contributed by atoms with van der Waals surface area (Å²) in [6.45, 7) is 12.4. The molecule has 0 amide bonds. The van der Waals surface area contributed by atoms with E-state index in [1.165, 1.54) is 16.7 Å². The molecule has 0 aromatic heterocycles. The monoisotopic (exact) mass is 286 g/mol. The molecule has 2 atom stereocenters. The maximum atomic E-state index is 12.0. The average Bonchev–Trinajstić information content (AvgIpc) is 2.79. The second-order valence-electron chi connectivity index (χ2n) is 7.33. The fourth-order valence-corrected chi connectivity index (χ4v) is 3.75. The lowest BCUT2D eigenvalue weighted by atomic mass is 9.86. The standard InChI is InChI=1S/C19H26O2/c1-12(2)9-16-18(5,6)19(16,17(20)21)11-15-8-7-13(3)10-14(15)4/h7-10,16H,11H2,1-6H3,(H,20,21). The van der Waals surface area contributed by atoms with Crippen molar-refractivity contribution >= 4 is 5.97 Å². The average molecular weight is 286 g/mol. The first-order chi connectivity index (χ1) is 9.62. The van der Waals surface area contributed by atoms with Gasteiger partial charge in [-0.1, -0.05) is 49.3 Å². The van der Waals surface area contributed by atoms with E-state index < -0.39 is 11.4 Å². The fraction of sp³-hybridized carbons (Fsp3) is 0.526. The number of aliphatic carboxylic acids is 1. The number of hydrogen-bond donors (Lipinski definition) is 1. The van der Waals surface area contributed by atoms with Gasteiger partial charge in [0.2, 0.25) is 0 Å². The van der Waals surface area contributed by atoms with Crippen LogP contribution in [0, 0.1) is 30.6 Å². The third-order valence-corrected chi connectivity index (χ3v) is 5.22. The SMILES string of the molecule is CC(C)=CC1C(C)(C)C1(Cc1ccc(C)cc1C)C(=O)O. The summed E-state index contributed by atoms with van der Waals surface area (Å²) in [6.07, 6.45) is 2.74. The Morgan fingerprint density at radius 2 is 1.90 bits per heavy atom. The van der Waals surface area contributed by atoms with Gasteiger partial charge in [0.1, 0.15) is 0 Å². The number of aryl methyl sites for hydroxylation is 2. The number of carboxylic acid groups (broad SMARTS) is 1. The maximum absolute atomic E-state index is 12.0. The van der Waals surface area contributed by atoms with Gasteiger partial charge in [0.15, 0.2) is 0 Å². The van der Waals surface area contributed by atoms with Gasteiger partial charge in [-0.25, -0.2) is 0 Å². The van der Waals surface area contributed by atoms with Gasteiger partial charge in [-0.05, 0) is 50.7 Å². The summed E-state index contributed by atoms with van der Waals surface area (Å²) in [5.41, 5.74) is 3.88. The third-order valence-electron chi connectivity index (χ3n) is 5.22. The first kappa shape index (κ1) is 15.8. The van der Waals surface area contributed by atoms with E-state index in [1.807, 2.05) is 13.8 Å². The molecule has 2 heteroatoms. The molecule has 114 valence electrons. The molecule has 2 nitrogen and oxygen atoms in total. The Kier molecular flexibility index (Phi) is 3.77. The van der Waals surface area contributed by atoms with E-state index in [0.717, 1.165) is 5.56 Å². The molecule has 0 aliphatic heterocycles. The van der Waals surface area contributed by atoms with Crippen molar-refractivity contribution in [3.8, 4) is 0 Å². The largest absolute Gasteiger partial charge is 0.481 e. The zero-order chi connectivity index (χ0) is 16.0. The predicted octanol–water partition coefficient (Wildman–Crippen LogP) is 4.54. The minimum absolute atomic E-state index is 0.105. The van der Waals surface area contributed by atoms with E-state index in [4.69, 9.17) is 0 Å². The normalized spacial score (nSPS) is 26.3. The number of rotatable bonds is 4. The predicted molar refractivity (Wildman–Crippen MR) is 86.4 cm³/mol. The first-order valence-electron chi connectivity index (χ1n) is 7.57. The molecule has 1 aromatic rings. The molecule has 0 spiro atoms. The van der Waals surface area contributed by atoms with E-state index in [0.29, 0.717) is 6.42 Å². The van der Waals surface area contributed by atoms with Crippen LogP contribution in [-0.2, 0) is 11.2 Å². The van der Waals surface area contributed by atoms with Gasteiger partial charge >= 0.3 is 5.97 Å². The van der Waals surface area contributed by atoms with Gasteiger partial charge in [0.05, 0.1) is 5.41 Å². The first-order valence-corrected chi connectivity index (χ1v) is 7.57. The fourth-order valence-electron chi connectivity index (χ4n) is 3.75. The Morgan fingerprint density at radius 1 is 1.29 bits per heavy atom. The Balaban J connectivity index is 2.42. The zero-order valence-electron chi connectivity index (χ0n) is 13.9. The van der Waals surface area contributed by atoms with E-state index in [-0.39, 0.29) is 11.3 Å². The third kappa shape index (κ3) is 2.41. The molecule has 1 saturated carbocycles. The van der Waals surface area contributed by atoms with Crippen LogP contribution in [0.25, 0.3) is 0 Å². The van der Waals surface area contributed by atoms with Crippen molar-refractivity contribution in [2.75, 3.05) is 0 Å². The highest BCUT2D eigenvalue weighted by Crippen LogP contribution is 2.71. The van der Waals surface area contributed by atoms with E-state index in [2.05, 4.69) is 52.0 Å². The highest BCUT2D eigenvalue weighted by atomic mass is 16.4. The summed E-state index contributed by atoms with van der Waals surface area (Å²) >= 11 is 0. The Morgan fingerprint density at radius 3 is 2.38 bits per heavy atom. The number of allylic oxidation sites excluding steroid dienone is 2. The highest BCUT2D eigenvalue weighted by molar-refractivity contribution is 5.82. The van der Waals surface area contributed by atoms with Gasteiger partial charge in [0.25, 0.3) is 0 Å². The highest BCUT2D eigenvalue weighted by Gasteiger charge is 2.74. The Bertz CT molecular complexity index is 606. The molecule has 2 unspecified atom stereocenters. The van der Waals surface area contributed by atoms with Gasteiger partial charge < -0.3 is 5.11 Å². The van der Waals surface area contributed by atoms with Crippen LogP contribution in [0.4, 0.5) is 0 Å². The van der Waals surface area contributed by atoms with E-state index in [1.54, 1.807) is 0 Å². The summed E-state index contributed by atoms with van der Waals surface area (Å²) in [5.74, 6) is -0.567. The molecule has 1 fully saturated rings. The maximum Gasteiger partial charge on any atom is 0.311 e. The van der Waals surface area contributed by atoms with Crippen molar-refractivity contribution in [2.24, 2.45) is 16.7 Å². The molecule has 1 aromatic carbocycles. The van der Waals surface area contributed by atoms with Gasteiger partial charge in [-0.3, -0.25) is 4.79 Å². The topological polar surface area (TPSA) is 37.3 Å². The van der Waals surface area contributed by atoms with Crippen LogP contribution in [0.3, 0.4) is 0 Å².